The van der Waals surface area contributed by atoms with E-state index in [1.54, 1.807) is 24.3 Å². The quantitative estimate of drug-likeness (QED) is 0.689. The van der Waals surface area contributed by atoms with Crippen LogP contribution in [-0.4, -0.2) is 10.2 Å². The molecule has 0 fully saturated rings. The Labute approximate surface area is 116 Å². The Kier molecular flexibility index (Phi) is 4.22. The lowest BCUT2D eigenvalue weighted by molar-refractivity contribution is 0.463. The molecule has 0 aromatic heterocycles. The van der Waals surface area contributed by atoms with Gasteiger partial charge in [-0.25, -0.2) is 4.39 Å². The van der Waals surface area contributed by atoms with E-state index in [1.165, 1.54) is 12.1 Å². The van der Waals surface area contributed by atoms with Crippen LogP contribution in [0.3, 0.4) is 0 Å². The minimum Gasteiger partial charge on any atom is -0.508 e. The van der Waals surface area contributed by atoms with Gasteiger partial charge in [0.1, 0.15) is 17.3 Å². The van der Waals surface area contributed by atoms with E-state index < -0.39 is 11.9 Å². The van der Waals surface area contributed by atoms with E-state index in [4.69, 9.17) is 11.5 Å². The normalized spacial score (nSPS) is 13.9. The number of benzene rings is 2. The molecule has 2 aromatic carbocycles. The minimum absolute atomic E-state index is 0.138. The lowest BCUT2D eigenvalue weighted by Gasteiger charge is -2.18. The number of nitrogens with two attached hydrogens (primary N) is 2. The highest BCUT2D eigenvalue weighted by Gasteiger charge is 2.16. The first kappa shape index (κ1) is 14.3. The smallest absolute Gasteiger partial charge is 0.131 e. The molecule has 6 N–H and O–H groups in total. The van der Waals surface area contributed by atoms with Crippen molar-refractivity contribution in [3.63, 3.8) is 0 Å². The molecular formula is C15H17FN2O2. The van der Waals surface area contributed by atoms with E-state index in [1.807, 2.05) is 0 Å². The number of hydrogen-bond donors (Lipinski definition) is 4. The summed E-state index contributed by atoms with van der Waals surface area (Å²) >= 11 is 0. The SMILES string of the molecule is NC(CC(N)c1ccc(O)cc1F)c1ccc(O)cc1. The zero-order chi connectivity index (χ0) is 14.7. The molecule has 5 heteroatoms. The first-order chi connectivity index (χ1) is 9.47. The van der Waals surface area contributed by atoms with Crippen molar-refractivity contribution in [1.82, 2.24) is 0 Å². The summed E-state index contributed by atoms with van der Waals surface area (Å²) in [5.41, 5.74) is 13.1. The Bertz CT molecular complexity index is 587. The van der Waals surface area contributed by atoms with Gasteiger partial charge in [-0.2, -0.15) is 0 Å². The summed E-state index contributed by atoms with van der Waals surface area (Å²) in [5.74, 6) is -0.522. The molecule has 0 aliphatic carbocycles. The van der Waals surface area contributed by atoms with Crippen LogP contribution in [0.25, 0.3) is 0 Å². The molecule has 2 aromatic rings. The second-order valence-corrected chi connectivity index (χ2v) is 4.75. The number of rotatable bonds is 4. The van der Waals surface area contributed by atoms with Crippen molar-refractivity contribution in [2.75, 3.05) is 0 Å². The Hall–Kier alpha value is -2.11. The van der Waals surface area contributed by atoms with Crippen molar-refractivity contribution in [2.45, 2.75) is 18.5 Å². The molecule has 2 rings (SSSR count). The van der Waals surface area contributed by atoms with Crippen molar-refractivity contribution < 1.29 is 14.6 Å². The molecule has 2 unspecified atom stereocenters. The van der Waals surface area contributed by atoms with Gasteiger partial charge in [-0.15, -0.1) is 0 Å². The lowest BCUT2D eigenvalue weighted by atomic mass is 9.95. The predicted molar refractivity (Wildman–Crippen MR) is 74.6 cm³/mol. The monoisotopic (exact) mass is 276 g/mol. The van der Waals surface area contributed by atoms with Gasteiger partial charge in [0.2, 0.25) is 0 Å². The molecule has 0 spiro atoms. The third-order valence-corrected chi connectivity index (χ3v) is 3.21. The Morgan fingerprint density at radius 2 is 1.50 bits per heavy atom. The van der Waals surface area contributed by atoms with E-state index in [9.17, 15) is 14.6 Å². The highest BCUT2D eigenvalue weighted by molar-refractivity contribution is 5.31. The van der Waals surface area contributed by atoms with Gasteiger partial charge in [0.15, 0.2) is 0 Å². The van der Waals surface area contributed by atoms with Crippen LogP contribution in [0.15, 0.2) is 42.5 Å². The van der Waals surface area contributed by atoms with Crippen molar-refractivity contribution in [2.24, 2.45) is 11.5 Å². The van der Waals surface area contributed by atoms with Crippen LogP contribution < -0.4 is 11.5 Å². The molecule has 0 amide bonds. The second-order valence-electron chi connectivity index (χ2n) is 4.75. The van der Waals surface area contributed by atoms with Crippen molar-refractivity contribution >= 4 is 0 Å². The third kappa shape index (κ3) is 3.26. The number of hydrogen-bond acceptors (Lipinski definition) is 4. The summed E-state index contributed by atoms with van der Waals surface area (Å²) in [7, 11) is 0. The van der Waals surface area contributed by atoms with E-state index >= 15 is 0 Å². The van der Waals surface area contributed by atoms with E-state index in [0.717, 1.165) is 11.6 Å². The van der Waals surface area contributed by atoms with Crippen LogP contribution in [-0.2, 0) is 0 Å². The highest BCUT2D eigenvalue weighted by Crippen LogP contribution is 2.27. The minimum atomic E-state index is -0.570. The van der Waals surface area contributed by atoms with Crippen LogP contribution >= 0.6 is 0 Å². The molecule has 0 radical (unpaired) electrons. The number of aromatic hydroxyl groups is 2. The van der Waals surface area contributed by atoms with Crippen LogP contribution in [0, 0.1) is 5.82 Å². The van der Waals surface area contributed by atoms with E-state index in [0.29, 0.717) is 12.0 Å². The van der Waals surface area contributed by atoms with Crippen molar-refractivity contribution in [3.05, 3.63) is 59.4 Å². The molecule has 20 heavy (non-hydrogen) atoms. The van der Waals surface area contributed by atoms with Gasteiger partial charge in [0.25, 0.3) is 0 Å². The van der Waals surface area contributed by atoms with Crippen LogP contribution in [0.1, 0.15) is 29.6 Å². The number of phenolic OH excluding ortho intramolecular Hbond substituents is 2. The molecular weight excluding hydrogens is 259 g/mol. The Morgan fingerprint density at radius 1 is 0.900 bits per heavy atom. The number of halogens is 1. The van der Waals surface area contributed by atoms with Crippen LogP contribution in [0.5, 0.6) is 11.5 Å². The standard InChI is InChI=1S/C15H17FN2O2/c16-13-7-11(20)5-6-12(13)15(18)8-14(17)9-1-3-10(19)4-2-9/h1-7,14-15,19-20H,8,17-18H2. The molecule has 0 aliphatic heterocycles. The van der Waals surface area contributed by atoms with E-state index in [2.05, 4.69) is 0 Å². The zero-order valence-corrected chi connectivity index (χ0v) is 10.8. The van der Waals surface area contributed by atoms with Gasteiger partial charge in [-0.05, 0) is 30.2 Å². The van der Waals surface area contributed by atoms with Gasteiger partial charge in [0, 0.05) is 23.7 Å². The third-order valence-electron chi connectivity index (χ3n) is 3.21. The first-order valence-corrected chi connectivity index (χ1v) is 6.26. The second kappa shape index (κ2) is 5.90. The molecule has 2 atom stereocenters. The summed E-state index contributed by atoms with van der Waals surface area (Å²) in [6.45, 7) is 0. The first-order valence-electron chi connectivity index (χ1n) is 6.26. The fourth-order valence-corrected chi connectivity index (χ4v) is 2.07. The Balaban J connectivity index is 2.10. The maximum Gasteiger partial charge on any atom is 0.131 e. The van der Waals surface area contributed by atoms with Gasteiger partial charge in [-0.3, -0.25) is 0 Å². The van der Waals surface area contributed by atoms with Crippen molar-refractivity contribution in [3.8, 4) is 11.5 Å². The molecule has 0 saturated carbocycles. The van der Waals surface area contributed by atoms with Gasteiger partial charge >= 0.3 is 0 Å². The van der Waals surface area contributed by atoms with Crippen LogP contribution in [0.2, 0.25) is 0 Å². The lowest BCUT2D eigenvalue weighted by Crippen LogP contribution is -2.20. The van der Waals surface area contributed by atoms with E-state index in [-0.39, 0.29) is 17.5 Å². The number of phenols is 2. The predicted octanol–water partition coefficient (Wildman–Crippen LogP) is 2.33. The topological polar surface area (TPSA) is 92.5 Å². The van der Waals surface area contributed by atoms with Gasteiger partial charge in [-0.1, -0.05) is 18.2 Å². The summed E-state index contributed by atoms with van der Waals surface area (Å²) in [5, 5.41) is 18.4. The summed E-state index contributed by atoms with van der Waals surface area (Å²) in [6.07, 6.45) is 0.354. The van der Waals surface area contributed by atoms with Gasteiger partial charge < -0.3 is 21.7 Å². The van der Waals surface area contributed by atoms with Crippen molar-refractivity contribution in [1.29, 1.82) is 0 Å². The average molecular weight is 276 g/mol. The summed E-state index contributed by atoms with van der Waals surface area (Å²) in [6, 6.07) is 9.45. The fraction of sp³-hybridized carbons (Fsp3) is 0.200. The zero-order valence-electron chi connectivity index (χ0n) is 10.8. The summed E-state index contributed by atoms with van der Waals surface area (Å²) < 4.78 is 13.7. The molecule has 0 aliphatic rings. The summed E-state index contributed by atoms with van der Waals surface area (Å²) in [4.78, 5) is 0. The van der Waals surface area contributed by atoms with Crippen LogP contribution in [0.4, 0.5) is 4.39 Å². The molecule has 106 valence electrons. The molecule has 0 bridgehead atoms. The molecule has 0 heterocycles. The molecule has 4 nitrogen and oxygen atoms in total. The largest absolute Gasteiger partial charge is 0.508 e. The molecule has 0 saturated heterocycles. The maximum absolute atomic E-state index is 13.7. The van der Waals surface area contributed by atoms with Gasteiger partial charge in [0.05, 0.1) is 0 Å². The average Bonchev–Trinajstić information content (AvgIpc) is 2.39. The fourth-order valence-electron chi connectivity index (χ4n) is 2.07. The Morgan fingerprint density at radius 3 is 2.10 bits per heavy atom. The maximum atomic E-state index is 13.7. The highest BCUT2D eigenvalue weighted by atomic mass is 19.1.